The second kappa shape index (κ2) is 4.43. The summed E-state index contributed by atoms with van der Waals surface area (Å²) >= 11 is 0. The number of benzene rings is 1. The van der Waals surface area contributed by atoms with Gasteiger partial charge >= 0.3 is 0 Å². The minimum absolute atomic E-state index is 0.254. The minimum Gasteiger partial charge on any atom is -0.399 e. The molecular weight excluding hydrogens is 202 g/mol. The van der Waals surface area contributed by atoms with Crippen LogP contribution >= 0.6 is 0 Å². The highest BCUT2D eigenvalue weighted by Crippen LogP contribution is 2.28. The van der Waals surface area contributed by atoms with E-state index in [0.717, 1.165) is 30.8 Å². The molecule has 1 heterocycles. The molecule has 1 aliphatic heterocycles. The number of hydrogen-bond acceptors (Lipinski definition) is 3. The fourth-order valence-electron chi connectivity index (χ4n) is 2.14. The Bertz CT molecular complexity index is 403. The smallest absolute Gasteiger partial charge is 0.219 e. The van der Waals surface area contributed by atoms with Crippen LogP contribution in [0.2, 0.25) is 0 Å². The van der Waals surface area contributed by atoms with Crippen molar-refractivity contribution >= 4 is 17.3 Å². The lowest BCUT2D eigenvalue weighted by Gasteiger charge is -2.31. The van der Waals surface area contributed by atoms with Crippen molar-refractivity contribution in [3.05, 3.63) is 23.8 Å². The highest BCUT2D eigenvalue weighted by molar-refractivity contribution is 5.74. The normalized spacial score (nSPS) is 14.6. The van der Waals surface area contributed by atoms with Crippen LogP contribution in [0.3, 0.4) is 0 Å². The first kappa shape index (κ1) is 10.8. The molecule has 2 rings (SSSR count). The molecule has 4 heteroatoms. The van der Waals surface area contributed by atoms with Gasteiger partial charge in [-0.2, -0.15) is 0 Å². The van der Waals surface area contributed by atoms with Gasteiger partial charge < -0.3 is 16.4 Å². The zero-order chi connectivity index (χ0) is 11.5. The number of nitrogens with two attached hydrogens (primary N) is 2. The van der Waals surface area contributed by atoms with Crippen LogP contribution in [0.5, 0.6) is 0 Å². The van der Waals surface area contributed by atoms with E-state index in [-0.39, 0.29) is 5.91 Å². The number of amides is 1. The number of rotatable bonds is 3. The molecule has 0 aliphatic carbocycles. The Balaban J connectivity index is 2.18. The first-order valence-electron chi connectivity index (χ1n) is 5.58. The molecule has 0 spiro atoms. The van der Waals surface area contributed by atoms with Gasteiger partial charge in [0.25, 0.3) is 0 Å². The summed E-state index contributed by atoms with van der Waals surface area (Å²) in [5.74, 6) is -0.254. The van der Waals surface area contributed by atoms with Crippen LogP contribution in [0.4, 0.5) is 11.4 Å². The first-order chi connectivity index (χ1) is 7.66. The van der Waals surface area contributed by atoms with Crippen molar-refractivity contribution in [1.82, 2.24) is 0 Å². The quantitative estimate of drug-likeness (QED) is 0.742. The summed E-state index contributed by atoms with van der Waals surface area (Å²) in [6, 6.07) is 5.98. The number of nitrogen functional groups attached to an aromatic ring is 1. The van der Waals surface area contributed by atoms with Crippen molar-refractivity contribution in [2.45, 2.75) is 19.3 Å². The Hall–Kier alpha value is -1.71. The average molecular weight is 219 g/mol. The van der Waals surface area contributed by atoms with Crippen LogP contribution in [0.15, 0.2) is 18.2 Å². The van der Waals surface area contributed by atoms with Crippen molar-refractivity contribution in [2.24, 2.45) is 5.73 Å². The molecule has 1 aromatic carbocycles. The summed E-state index contributed by atoms with van der Waals surface area (Å²) in [5, 5.41) is 0. The molecule has 0 aromatic heterocycles. The summed E-state index contributed by atoms with van der Waals surface area (Å²) in [6.07, 6.45) is 2.60. The molecule has 86 valence electrons. The molecule has 0 saturated carbocycles. The summed E-state index contributed by atoms with van der Waals surface area (Å²) in [5.41, 5.74) is 14.2. The van der Waals surface area contributed by atoms with Crippen LogP contribution in [0.1, 0.15) is 18.4 Å². The van der Waals surface area contributed by atoms with E-state index in [1.807, 2.05) is 12.1 Å². The Kier molecular flexibility index (Phi) is 2.99. The highest BCUT2D eigenvalue weighted by atomic mass is 16.1. The first-order valence-corrected chi connectivity index (χ1v) is 5.58. The summed E-state index contributed by atoms with van der Waals surface area (Å²) in [4.78, 5) is 13.0. The fourth-order valence-corrected chi connectivity index (χ4v) is 2.14. The molecule has 1 aromatic rings. The number of carbonyl (C=O) groups is 1. The third-order valence-electron chi connectivity index (χ3n) is 2.95. The van der Waals surface area contributed by atoms with Gasteiger partial charge in [-0.1, -0.05) is 6.07 Å². The number of hydrogen-bond donors (Lipinski definition) is 2. The second-order valence-electron chi connectivity index (χ2n) is 4.20. The van der Waals surface area contributed by atoms with Gasteiger partial charge in [0.1, 0.15) is 0 Å². The third kappa shape index (κ3) is 2.27. The molecule has 0 radical (unpaired) electrons. The topological polar surface area (TPSA) is 72.4 Å². The monoisotopic (exact) mass is 219 g/mol. The zero-order valence-corrected chi connectivity index (χ0v) is 9.28. The van der Waals surface area contributed by atoms with Gasteiger partial charge in [0, 0.05) is 30.9 Å². The molecule has 0 atom stereocenters. The van der Waals surface area contributed by atoms with Crippen LogP contribution in [0.25, 0.3) is 0 Å². The maximum Gasteiger partial charge on any atom is 0.219 e. The van der Waals surface area contributed by atoms with E-state index in [9.17, 15) is 4.79 Å². The Morgan fingerprint density at radius 2 is 2.25 bits per heavy atom. The molecule has 1 aliphatic rings. The molecule has 4 nitrogen and oxygen atoms in total. The van der Waals surface area contributed by atoms with Crippen LogP contribution in [0, 0.1) is 0 Å². The Labute approximate surface area is 95.2 Å². The predicted molar refractivity (Wildman–Crippen MR) is 65.2 cm³/mol. The number of anilines is 2. The van der Waals surface area contributed by atoms with E-state index < -0.39 is 0 Å². The molecule has 0 bridgehead atoms. The standard InChI is InChI=1S/C12H17N3O/c13-10-4-3-9-2-1-6-15(11(9)8-10)7-5-12(14)16/h3-4,8H,1-2,5-7,13H2,(H2,14,16). The lowest BCUT2D eigenvalue weighted by Crippen LogP contribution is -2.32. The average Bonchev–Trinajstić information content (AvgIpc) is 2.26. The zero-order valence-electron chi connectivity index (χ0n) is 9.28. The van der Waals surface area contributed by atoms with Crippen molar-refractivity contribution in [3.63, 3.8) is 0 Å². The van der Waals surface area contributed by atoms with Gasteiger partial charge in [0.15, 0.2) is 0 Å². The number of primary amides is 1. The lowest BCUT2D eigenvalue weighted by molar-refractivity contribution is -0.117. The maximum atomic E-state index is 10.8. The summed E-state index contributed by atoms with van der Waals surface area (Å²) in [6.45, 7) is 1.66. The maximum absolute atomic E-state index is 10.8. The van der Waals surface area contributed by atoms with Gasteiger partial charge in [-0.15, -0.1) is 0 Å². The van der Waals surface area contributed by atoms with E-state index in [2.05, 4.69) is 11.0 Å². The number of nitrogens with zero attached hydrogens (tertiary/aromatic N) is 1. The van der Waals surface area contributed by atoms with Gasteiger partial charge in [0.05, 0.1) is 0 Å². The van der Waals surface area contributed by atoms with Crippen molar-refractivity contribution < 1.29 is 4.79 Å². The van der Waals surface area contributed by atoms with E-state index in [1.54, 1.807) is 0 Å². The van der Waals surface area contributed by atoms with Crippen molar-refractivity contribution in [3.8, 4) is 0 Å². The molecular formula is C12H17N3O. The fraction of sp³-hybridized carbons (Fsp3) is 0.417. The van der Waals surface area contributed by atoms with Gasteiger partial charge in [0.2, 0.25) is 5.91 Å². The van der Waals surface area contributed by atoms with Gasteiger partial charge in [-0.3, -0.25) is 4.79 Å². The van der Waals surface area contributed by atoms with E-state index in [1.165, 1.54) is 5.56 Å². The van der Waals surface area contributed by atoms with Gasteiger partial charge in [-0.25, -0.2) is 0 Å². The Morgan fingerprint density at radius 3 is 3.00 bits per heavy atom. The van der Waals surface area contributed by atoms with E-state index >= 15 is 0 Å². The molecule has 1 amide bonds. The van der Waals surface area contributed by atoms with Crippen molar-refractivity contribution in [1.29, 1.82) is 0 Å². The molecule has 0 saturated heterocycles. The van der Waals surface area contributed by atoms with Crippen LogP contribution in [-0.2, 0) is 11.2 Å². The SMILES string of the molecule is NC(=O)CCN1CCCc2ccc(N)cc21. The minimum atomic E-state index is -0.254. The van der Waals surface area contributed by atoms with Gasteiger partial charge in [-0.05, 0) is 30.5 Å². The van der Waals surface area contributed by atoms with Crippen LogP contribution in [-0.4, -0.2) is 19.0 Å². The summed E-state index contributed by atoms with van der Waals surface area (Å²) in [7, 11) is 0. The number of carbonyl (C=O) groups excluding carboxylic acids is 1. The molecule has 0 unspecified atom stereocenters. The highest BCUT2D eigenvalue weighted by Gasteiger charge is 2.16. The van der Waals surface area contributed by atoms with Crippen molar-refractivity contribution in [2.75, 3.05) is 23.7 Å². The predicted octanol–water partition coefficient (Wildman–Crippen LogP) is 0.897. The Morgan fingerprint density at radius 1 is 1.44 bits per heavy atom. The molecule has 16 heavy (non-hydrogen) atoms. The van der Waals surface area contributed by atoms with Crippen LogP contribution < -0.4 is 16.4 Å². The second-order valence-corrected chi connectivity index (χ2v) is 4.20. The molecule has 0 fully saturated rings. The third-order valence-corrected chi connectivity index (χ3v) is 2.95. The largest absolute Gasteiger partial charge is 0.399 e. The number of fused-ring (bicyclic) bond motifs is 1. The van der Waals surface area contributed by atoms with E-state index in [4.69, 9.17) is 11.5 Å². The number of aryl methyl sites for hydroxylation is 1. The molecule has 4 N–H and O–H groups in total. The summed E-state index contributed by atoms with van der Waals surface area (Å²) < 4.78 is 0. The lowest BCUT2D eigenvalue weighted by atomic mass is 10.0. The van der Waals surface area contributed by atoms with E-state index in [0.29, 0.717) is 13.0 Å².